The number of hydrogen-bond acceptors (Lipinski definition) is 4. The van der Waals surface area contributed by atoms with Gasteiger partial charge in [-0.25, -0.2) is 4.39 Å². The van der Waals surface area contributed by atoms with Crippen molar-refractivity contribution in [2.45, 2.75) is 6.92 Å². The van der Waals surface area contributed by atoms with Gasteiger partial charge in [0.15, 0.2) is 0 Å². The summed E-state index contributed by atoms with van der Waals surface area (Å²) >= 11 is 0. The summed E-state index contributed by atoms with van der Waals surface area (Å²) in [5.41, 5.74) is 4.01. The zero-order valence-electron chi connectivity index (χ0n) is 13.2. The second-order valence-electron chi connectivity index (χ2n) is 5.50. The molecule has 0 aliphatic carbocycles. The number of aliphatic hydroxyl groups is 1. The van der Waals surface area contributed by atoms with Crippen LogP contribution in [0.1, 0.15) is 11.1 Å². The van der Waals surface area contributed by atoms with E-state index in [2.05, 4.69) is 16.0 Å². The number of halogens is 1. The SMILES string of the molecule is Cc1cccc2c1C(=CNc1ccc(NCCO)c(F)c1)C(=O)N2. The lowest BCUT2D eigenvalue weighted by Crippen LogP contribution is -2.07. The molecule has 0 atom stereocenters. The van der Waals surface area contributed by atoms with Crippen LogP contribution in [0.3, 0.4) is 0 Å². The largest absolute Gasteiger partial charge is 0.395 e. The van der Waals surface area contributed by atoms with Gasteiger partial charge in [-0.3, -0.25) is 4.79 Å². The van der Waals surface area contributed by atoms with Crippen LogP contribution in [0.25, 0.3) is 5.57 Å². The first-order valence-electron chi connectivity index (χ1n) is 7.62. The first-order valence-corrected chi connectivity index (χ1v) is 7.62. The minimum atomic E-state index is -0.431. The molecule has 1 aliphatic heterocycles. The van der Waals surface area contributed by atoms with Crippen molar-refractivity contribution in [3.63, 3.8) is 0 Å². The van der Waals surface area contributed by atoms with Crippen molar-refractivity contribution in [2.75, 3.05) is 29.1 Å². The van der Waals surface area contributed by atoms with Crippen molar-refractivity contribution in [1.82, 2.24) is 0 Å². The third-order valence-corrected chi connectivity index (χ3v) is 3.81. The number of fused-ring (bicyclic) bond motifs is 1. The third kappa shape index (κ3) is 3.09. The maximum atomic E-state index is 14.0. The lowest BCUT2D eigenvalue weighted by Gasteiger charge is -2.08. The Hall–Kier alpha value is -2.86. The van der Waals surface area contributed by atoms with Crippen molar-refractivity contribution in [1.29, 1.82) is 0 Å². The average Bonchev–Trinajstić information content (AvgIpc) is 2.89. The third-order valence-electron chi connectivity index (χ3n) is 3.81. The van der Waals surface area contributed by atoms with Crippen molar-refractivity contribution in [3.05, 3.63) is 59.5 Å². The molecule has 6 heteroatoms. The number of nitrogens with one attached hydrogen (secondary N) is 3. The molecule has 124 valence electrons. The van der Waals surface area contributed by atoms with Crippen LogP contribution in [0, 0.1) is 12.7 Å². The fraction of sp³-hybridized carbons (Fsp3) is 0.167. The monoisotopic (exact) mass is 327 g/mol. The number of rotatable bonds is 5. The van der Waals surface area contributed by atoms with E-state index < -0.39 is 5.82 Å². The second kappa shape index (κ2) is 6.72. The molecule has 0 fully saturated rings. The Kier molecular flexibility index (Phi) is 4.48. The fourth-order valence-electron chi connectivity index (χ4n) is 2.66. The van der Waals surface area contributed by atoms with E-state index in [0.717, 1.165) is 16.8 Å². The topological polar surface area (TPSA) is 73.4 Å². The standard InChI is InChI=1S/C18H18FN3O2/c1-11-3-2-4-16-17(11)13(18(24)22-16)10-21-12-5-6-15(14(19)9-12)20-7-8-23/h2-6,9-10,20-21,23H,7-8H2,1H3,(H,22,24). The molecule has 2 aromatic rings. The molecule has 0 radical (unpaired) electrons. The maximum Gasteiger partial charge on any atom is 0.257 e. The Morgan fingerprint density at radius 2 is 2.12 bits per heavy atom. The molecular formula is C18H18FN3O2. The second-order valence-corrected chi connectivity index (χ2v) is 5.50. The molecule has 0 saturated heterocycles. The van der Waals surface area contributed by atoms with Crippen molar-refractivity contribution in [2.24, 2.45) is 0 Å². The molecule has 2 aromatic carbocycles. The number of anilines is 3. The van der Waals surface area contributed by atoms with Gasteiger partial charge in [-0.2, -0.15) is 0 Å². The van der Waals surface area contributed by atoms with Gasteiger partial charge < -0.3 is 21.1 Å². The predicted octanol–water partition coefficient (Wildman–Crippen LogP) is 2.94. The number of amides is 1. The highest BCUT2D eigenvalue weighted by Gasteiger charge is 2.25. The molecule has 4 N–H and O–H groups in total. The highest BCUT2D eigenvalue weighted by atomic mass is 19.1. The summed E-state index contributed by atoms with van der Waals surface area (Å²) in [7, 11) is 0. The summed E-state index contributed by atoms with van der Waals surface area (Å²) in [5.74, 6) is -0.618. The highest BCUT2D eigenvalue weighted by Crippen LogP contribution is 2.34. The van der Waals surface area contributed by atoms with Crippen LogP contribution < -0.4 is 16.0 Å². The number of benzene rings is 2. The zero-order valence-corrected chi connectivity index (χ0v) is 13.2. The minimum Gasteiger partial charge on any atom is -0.395 e. The summed E-state index contributed by atoms with van der Waals surface area (Å²) < 4.78 is 14.0. The molecule has 5 nitrogen and oxygen atoms in total. The lowest BCUT2D eigenvalue weighted by atomic mass is 10.0. The van der Waals surface area contributed by atoms with Crippen LogP contribution in [0.5, 0.6) is 0 Å². The summed E-state index contributed by atoms with van der Waals surface area (Å²) in [5, 5.41) is 17.3. The van der Waals surface area contributed by atoms with E-state index in [1.54, 1.807) is 18.3 Å². The number of hydrogen-bond donors (Lipinski definition) is 4. The molecule has 0 spiro atoms. The van der Waals surface area contributed by atoms with E-state index in [0.29, 0.717) is 16.9 Å². The van der Waals surface area contributed by atoms with Crippen LogP contribution in [0.15, 0.2) is 42.6 Å². The number of aliphatic hydroxyl groups excluding tert-OH is 1. The van der Waals surface area contributed by atoms with Gasteiger partial charge in [0, 0.05) is 29.7 Å². The highest BCUT2D eigenvalue weighted by molar-refractivity contribution is 6.32. The summed E-state index contributed by atoms with van der Waals surface area (Å²) in [6.07, 6.45) is 1.59. The fourth-order valence-corrected chi connectivity index (χ4v) is 2.66. The van der Waals surface area contributed by atoms with E-state index in [9.17, 15) is 9.18 Å². The van der Waals surface area contributed by atoms with E-state index in [1.807, 2.05) is 25.1 Å². The number of carbonyl (C=O) groups is 1. The van der Waals surface area contributed by atoms with Gasteiger partial charge in [-0.05, 0) is 36.8 Å². The summed E-state index contributed by atoms with van der Waals surface area (Å²) in [6.45, 7) is 2.15. The first kappa shape index (κ1) is 16.0. The van der Waals surface area contributed by atoms with Gasteiger partial charge in [0.2, 0.25) is 0 Å². The Morgan fingerprint density at radius 3 is 2.88 bits per heavy atom. The van der Waals surface area contributed by atoms with Gasteiger partial charge in [-0.1, -0.05) is 12.1 Å². The van der Waals surface area contributed by atoms with Crippen LogP contribution in [0.2, 0.25) is 0 Å². The van der Waals surface area contributed by atoms with Crippen molar-refractivity contribution in [3.8, 4) is 0 Å². The van der Waals surface area contributed by atoms with Gasteiger partial charge in [0.25, 0.3) is 5.91 Å². The Balaban J connectivity index is 1.82. The molecule has 24 heavy (non-hydrogen) atoms. The normalized spacial score (nSPS) is 14.5. The predicted molar refractivity (Wildman–Crippen MR) is 93.4 cm³/mol. The Labute approximate surface area is 139 Å². The summed E-state index contributed by atoms with van der Waals surface area (Å²) in [4.78, 5) is 12.1. The molecule has 0 saturated carbocycles. The molecular weight excluding hydrogens is 309 g/mol. The van der Waals surface area contributed by atoms with Gasteiger partial charge >= 0.3 is 0 Å². The van der Waals surface area contributed by atoms with Crippen molar-refractivity contribution < 1.29 is 14.3 Å². The van der Waals surface area contributed by atoms with E-state index in [4.69, 9.17) is 5.11 Å². The number of carbonyl (C=O) groups excluding carboxylic acids is 1. The molecule has 1 heterocycles. The van der Waals surface area contributed by atoms with Crippen LogP contribution >= 0.6 is 0 Å². The summed E-state index contributed by atoms with van der Waals surface area (Å²) in [6, 6.07) is 10.3. The van der Waals surface area contributed by atoms with E-state index in [-0.39, 0.29) is 19.1 Å². The average molecular weight is 327 g/mol. The first-order chi connectivity index (χ1) is 11.6. The Morgan fingerprint density at radius 1 is 1.29 bits per heavy atom. The van der Waals surface area contributed by atoms with E-state index >= 15 is 0 Å². The molecule has 0 bridgehead atoms. The van der Waals surface area contributed by atoms with Crippen molar-refractivity contribution >= 4 is 28.5 Å². The zero-order chi connectivity index (χ0) is 17.1. The number of aryl methyl sites for hydroxylation is 1. The minimum absolute atomic E-state index is 0.0700. The lowest BCUT2D eigenvalue weighted by molar-refractivity contribution is -0.110. The smallest absolute Gasteiger partial charge is 0.257 e. The van der Waals surface area contributed by atoms with Crippen LogP contribution in [0.4, 0.5) is 21.5 Å². The van der Waals surface area contributed by atoms with Gasteiger partial charge in [0.1, 0.15) is 5.82 Å². The van der Waals surface area contributed by atoms with Gasteiger partial charge in [0.05, 0.1) is 17.9 Å². The Bertz CT molecular complexity index is 818. The molecule has 3 rings (SSSR count). The quantitative estimate of drug-likeness (QED) is 0.637. The maximum absolute atomic E-state index is 14.0. The molecule has 1 aliphatic rings. The molecule has 0 aromatic heterocycles. The van der Waals surface area contributed by atoms with Gasteiger partial charge in [-0.15, -0.1) is 0 Å². The molecule has 0 unspecified atom stereocenters. The van der Waals surface area contributed by atoms with Crippen LogP contribution in [-0.4, -0.2) is 24.2 Å². The molecule has 1 amide bonds. The van der Waals surface area contributed by atoms with E-state index in [1.165, 1.54) is 6.07 Å². The van der Waals surface area contributed by atoms with Crippen LogP contribution in [-0.2, 0) is 4.79 Å².